The topological polar surface area (TPSA) is 20.2 Å². The highest BCUT2D eigenvalue weighted by molar-refractivity contribution is 5.53. The number of rotatable bonds is 15. The molecule has 2 aromatic carbocycles. The van der Waals surface area contributed by atoms with E-state index in [9.17, 15) is 5.11 Å². The lowest BCUT2D eigenvalue weighted by molar-refractivity contribution is 0.449. The number of benzene rings is 2. The molecule has 0 amide bonds. The number of phenolic OH excluding ortho intramolecular Hbond substituents is 1. The minimum Gasteiger partial charge on any atom is -0.508 e. The first-order chi connectivity index (χ1) is 15.0. The first-order valence-electron chi connectivity index (χ1n) is 12.9. The zero-order valence-corrected chi connectivity index (χ0v) is 20.7. The van der Waals surface area contributed by atoms with E-state index in [-0.39, 0.29) is 5.41 Å². The molecule has 172 valence electrons. The molecule has 0 aliphatic heterocycles. The summed E-state index contributed by atoms with van der Waals surface area (Å²) in [6.07, 6.45) is 16.6. The standard InChI is InChI=1S/C30H46O/c1-5-7-9-10-11-12-13-18-22-27-25(19-15-8-6-2)23-24-28(31)29(27)30(3,4)26-20-16-14-17-21-26/h14,16-17,20-21,23-24,31H,5-13,15,18-19,22H2,1-4H3. The van der Waals surface area contributed by atoms with Crippen LogP contribution >= 0.6 is 0 Å². The molecule has 0 saturated heterocycles. The second-order valence-corrected chi connectivity index (χ2v) is 9.77. The highest BCUT2D eigenvalue weighted by Gasteiger charge is 2.29. The van der Waals surface area contributed by atoms with Crippen molar-refractivity contribution in [3.05, 3.63) is 64.7 Å². The Hall–Kier alpha value is -1.76. The van der Waals surface area contributed by atoms with Gasteiger partial charge in [-0.25, -0.2) is 0 Å². The van der Waals surface area contributed by atoms with Crippen LogP contribution in [0.5, 0.6) is 5.75 Å². The Kier molecular flexibility index (Phi) is 11.2. The van der Waals surface area contributed by atoms with E-state index in [1.54, 1.807) is 0 Å². The monoisotopic (exact) mass is 422 g/mol. The van der Waals surface area contributed by atoms with Gasteiger partial charge in [-0.1, -0.05) is 122 Å². The van der Waals surface area contributed by atoms with Crippen LogP contribution in [0.4, 0.5) is 0 Å². The molecule has 0 fully saturated rings. The summed E-state index contributed by atoms with van der Waals surface area (Å²) in [5.74, 6) is 0.461. The van der Waals surface area contributed by atoms with Crippen molar-refractivity contribution in [2.45, 2.75) is 117 Å². The number of unbranched alkanes of at least 4 members (excludes halogenated alkanes) is 9. The predicted octanol–water partition coefficient (Wildman–Crippen LogP) is 9.13. The van der Waals surface area contributed by atoms with Gasteiger partial charge in [0.2, 0.25) is 0 Å². The summed E-state index contributed by atoms with van der Waals surface area (Å²) in [6, 6.07) is 14.8. The van der Waals surface area contributed by atoms with Crippen LogP contribution in [-0.2, 0) is 18.3 Å². The number of phenols is 1. The molecule has 0 radical (unpaired) electrons. The minimum absolute atomic E-state index is 0.207. The summed E-state index contributed by atoms with van der Waals surface area (Å²) in [4.78, 5) is 0. The maximum Gasteiger partial charge on any atom is 0.119 e. The molecule has 0 atom stereocenters. The van der Waals surface area contributed by atoms with E-state index in [2.05, 4.69) is 64.1 Å². The number of aromatic hydroxyl groups is 1. The fourth-order valence-corrected chi connectivity index (χ4v) is 4.90. The minimum atomic E-state index is -0.207. The largest absolute Gasteiger partial charge is 0.508 e. The Balaban J connectivity index is 2.20. The average molecular weight is 423 g/mol. The molecule has 1 nitrogen and oxygen atoms in total. The van der Waals surface area contributed by atoms with E-state index < -0.39 is 0 Å². The maximum absolute atomic E-state index is 11.0. The summed E-state index contributed by atoms with van der Waals surface area (Å²) in [5, 5.41) is 11.0. The SMILES string of the molecule is CCCCCCCCCCc1c(CCCCC)ccc(O)c1C(C)(C)c1ccccc1. The van der Waals surface area contributed by atoms with Crippen molar-refractivity contribution in [3.63, 3.8) is 0 Å². The molecule has 0 aliphatic rings. The van der Waals surface area contributed by atoms with Crippen molar-refractivity contribution in [3.8, 4) is 5.75 Å². The molecular formula is C30H46O. The van der Waals surface area contributed by atoms with E-state index in [0.29, 0.717) is 5.75 Å². The molecule has 0 unspecified atom stereocenters. The van der Waals surface area contributed by atoms with E-state index in [0.717, 1.165) is 18.4 Å². The highest BCUT2D eigenvalue weighted by Crippen LogP contribution is 2.41. The van der Waals surface area contributed by atoms with Gasteiger partial charge < -0.3 is 5.11 Å². The van der Waals surface area contributed by atoms with Crippen LogP contribution < -0.4 is 0 Å². The lowest BCUT2D eigenvalue weighted by atomic mass is 9.73. The Morgan fingerprint density at radius 1 is 0.645 bits per heavy atom. The van der Waals surface area contributed by atoms with Crippen molar-refractivity contribution >= 4 is 0 Å². The van der Waals surface area contributed by atoms with Gasteiger partial charge in [-0.3, -0.25) is 0 Å². The number of aryl methyl sites for hydroxylation is 1. The van der Waals surface area contributed by atoms with E-state index >= 15 is 0 Å². The molecule has 0 heterocycles. The third kappa shape index (κ3) is 7.70. The van der Waals surface area contributed by atoms with Gasteiger partial charge in [-0.05, 0) is 48.4 Å². The van der Waals surface area contributed by atoms with Crippen molar-refractivity contribution in [2.24, 2.45) is 0 Å². The van der Waals surface area contributed by atoms with Gasteiger partial charge in [0.05, 0.1) is 0 Å². The van der Waals surface area contributed by atoms with Crippen LogP contribution in [0.2, 0.25) is 0 Å². The maximum atomic E-state index is 11.0. The van der Waals surface area contributed by atoms with E-state index in [1.165, 1.54) is 87.3 Å². The molecular weight excluding hydrogens is 376 g/mol. The van der Waals surface area contributed by atoms with Gasteiger partial charge in [0.25, 0.3) is 0 Å². The molecule has 0 aliphatic carbocycles. The molecule has 0 aromatic heterocycles. The number of hydrogen-bond donors (Lipinski definition) is 1. The van der Waals surface area contributed by atoms with Crippen LogP contribution in [0.15, 0.2) is 42.5 Å². The molecule has 2 aromatic rings. The molecule has 0 bridgehead atoms. The Labute approximate surface area is 192 Å². The quantitative estimate of drug-likeness (QED) is 0.284. The van der Waals surface area contributed by atoms with Crippen LogP contribution in [0, 0.1) is 0 Å². The molecule has 1 N–H and O–H groups in total. The summed E-state index contributed by atoms with van der Waals surface area (Å²) < 4.78 is 0. The fraction of sp³-hybridized carbons (Fsp3) is 0.600. The van der Waals surface area contributed by atoms with Crippen LogP contribution in [0.1, 0.15) is 121 Å². The van der Waals surface area contributed by atoms with Gasteiger partial charge in [-0.15, -0.1) is 0 Å². The highest BCUT2D eigenvalue weighted by atomic mass is 16.3. The van der Waals surface area contributed by atoms with Gasteiger partial charge in [-0.2, -0.15) is 0 Å². The third-order valence-corrected chi connectivity index (χ3v) is 6.84. The number of hydrogen-bond acceptors (Lipinski definition) is 1. The van der Waals surface area contributed by atoms with Gasteiger partial charge in [0.15, 0.2) is 0 Å². The summed E-state index contributed by atoms with van der Waals surface area (Å²) >= 11 is 0. The molecule has 31 heavy (non-hydrogen) atoms. The van der Waals surface area contributed by atoms with E-state index in [4.69, 9.17) is 0 Å². The summed E-state index contributed by atoms with van der Waals surface area (Å²) in [6.45, 7) is 9.08. The zero-order valence-electron chi connectivity index (χ0n) is 20.7. The molecule has 1 heteroatoms. The van der Waals surface area contributed by atoms with Gasteiger partial charge >= 0.3 is 0 Å². The van der Waals surface area contributed by atoms with Crippen LogP contribution in [0.3, 0.4) is 0 Å². The zero-order chi connectivity index (χ0) is 22.5. The Morgan fingerprint density at radius 3 is 1.84 bits per heavy atom. The van der Waals surface area contributed by atoms with E-state index in [1.807, 2.05) is 6.07 Å². The molecule has 0 saturated carbocycles. The third-order valence-electron chi connectivity index (χ3n) is 6.84. The normalized spacial score (nSPS) is 11.7. The lowest BCUT2D eigenvalue weighted by Crippen LogP contribution is -2.22. The average Bonchev–Trinajstić information content (AvgIpc) is 2.77. The first-order valence-corrected chi connectivity index (χ1v) is 12.9. The predicted molar refractivity (Wildman–Crippen MR) is 136 cm³/mol. The van der Waals surface area contributed by atoms with Crippen molar-refractivity contribution in [1.82, 2.24) is 0 Å². The van der Waals surface area contributed by atoms with Crippen molar-refractivity contribution in [1.29, 1.82) is 0 Å². The second-order valence-electron chi connectivity index (χ2n) is 9.77. The fourth-order valence-electron chi connectivity index (χ4n) is 4.90. The Bertz CT molecular complexity index is 745. The summed E-state index contributed by atoms with van der Waals surface area (Å²) in [5.41, 5.74) is 5.08. The Morgan fingerprint density at radius 2 is 1.19 bits per heavy atom. The molecule has 2 rings (SSSR count). The van der Waals surface area contributed by atoms with Crippen molar-refractivity contribution < 1.29 is 5.11 Å². The smallest absolute Gasteiger partial charge is 0.119 e. The van der Waals surface area contributed by atoms with Crippen LogP contribution in [0.25, 0.3) is 0 Å². The van der Waals surface area contributed by atoms with Crippen LogP contribution in [-0.4, -0.2) is 5.11 Å². The second kappa shape index (κ2) is 13.6. The van der Waals surface area contributed by atoms with Gasteiger partial charge in [0.1, 0.15) is 5.75 Å². The van der Waals surface area contributed by atoms with Gasteiger partial charge in [0, 0.05) is 11.0 Å². The molecule has 0 spiro atoms. The lowest BCUT2D eigenvalue weighted by Gasteiger charge is -2.31. The summed E-state index contributed by atoms with van der Waals surface area (Å²) in [7, 11) is 0. The first kappa shape index (κ1) is 25.5. The van der Waals surface area contributed by atoms with Crippen molar-refractivity contribution in [2.75, 3.05) is 0 Å².